The van der Waals surface area contributed by atoms with E-state index in [1.54, 1.807) is 0 Å². The lowest BCUT2D eigenvalue weighted by Crippen LogP contribution is -2.46. The van der Waals surface area contributed by atoms with Gasteiger partial charge in [0.05, 0.1) is 12.6 Å². The van der Waals surface area contributed by atoms with Crippen LogP contribution in [-0.2, 0) is 9.53 Å². The number of hydrogen-bond donors (Lipinski definition) is 1. The summed E-state index contributed by atoms with van der Waals surface area (Å²) in [6.45, 7) is 5.08. The molecule has 1 atom stereocenters. The molecule has 19 heavy (non-hydrogen) atoms. The summed E-state index contributed by atoms with van der Waals surface area (Å²) in [5.41, 5.74) is 0. The SMILES string of the molecule is CCN(C(=O)CNCC1CCCO1)C1CCCCC1. The average Bonchev–Trinajstić information content (AvgIpc) is 2.94. The van der Waals surface area contributed by atoms with E-state index in [1.165, 1.54) is 32.1 Å². The van der Waals surface area contributed by atoms with Gasteiger partial charge in [-0.2, -0.15) is 0 Å². The van der Waals surface area contributed by atoms with Crippen LogP contribution in [0.15, 0.2) is 0 Å². The average molecular weight is 268 g/mol. The largest absolute Gasteiger partial charge is 0.377 e. The van der Waals surface area contributed by atoms with Gasteiger partial charge in [-0.1, -0.05) is 19.3 Å². The normalized spacial score (nSPS) is 24.6. The zero-order valence-corrected chi connectivity index (χ0v) is 12.2. The van der Waals surface area contributed by atoms with Gasteiger partial charge in [-0.15, -0.1) is 0 Å². The molecule has 1 saturated heterocycles. The maximum absolute atomic E-state index is 12.3. The van der Waals surface area contributed by atoms with Crippen LogP contribution in [0.25, 0.3) is 0 Å². The molecular formula is C15H28N2O2. The molecule has 0 aromatic carbocycles. The van der Waals surface area contributed by atoms with E-state index in [1.807, 2.05) is 0 Å². The number of amides is 1. The van der Waals surface area contributed by atoms with Gasteiger partial charge in [-0.25, -0.2) is 0 Å². The van der Waals surface area contributed by atoms with Crippen molar-refractivity contribution in [3.63, 3.8) is 0 Å². The maximum Gasteiger partial charge on any atom is 0.236 e. The fourth-order valence-electron chi connectivity index (χ4n) is 3.28. The van der Waals surface area contributed by atoms with E-state index in [4.69, 9.17) is 4.74 Å². The van der Waals surface area contributed by atoms with Crippen LogP contribution in [0.4, 0.5) is 0 Å². The third-order valence-corrected chi connectivity index (χ3v) is 4.35. The quantitative estimate of drug-likeness (QED) is 0.800. The van der Waals surface area contributed by atoms with Gasteiger partial charge in [0.25, 0.3) is 0 Å². The molecule has 0 radical (unpaired) electrons. The molecule has 2 aliphatic rings. The standard InChI is InChI=1S/C15H28N2O2/c1-2-17(13-7-4-3-5-8-13)15(18)12-16-11-14-9-6-10-19-14/h13-14,16H,2-12H2,1H3. The van der Waals surface area contributed by atoms with Crippen LogP contribution in [0.2, 0.25) is 0 Å². The molecule has 1 saturated carbocycles. The number of carbonyl (C=O) groups is 1. The lowest BCUT2D eigenvalue weighted by Gasteiger charge is -2.33. The van der Waals surface area contributed by atoms with Crippen LogP contribution in [0, 0.1) is 0 Å². The molecule has 1 aliphatic heterocycles. The highest BCUT2D eigenvalue weighted by Crippen LogP contribution is 2.22. The van der Waals surface area contributed by atoms with Crippen molar-refractivity contribution in [1.82, 2.24) is 10.2 Å². The molecule has 0 spiro atoms. The van der Waals surface area contributed by atoms with E-state index >= 15 is 0 Å². The highest BCUT2D eigenvalue weighted by Gasteiger charge is 2.24. The van der Waals surface area contributed by atoms with Crippen molar-refractivity contribution >= 4 is 5.91 Å². The molecule has 2 fully saturated rings. The molecule has 1 aliphatic carbocycles. The molecule has 4 heteroatoms. The first kappa shape index (κ1) is 14.8. The number of ether oxygens (including phenoxy) is 1. The monoisotopic (exact) mass is 268 g/mol. The first-order valence-corrected chi connectivity index (χ1v) is 7.93. The van der Waals surface area contributed by atoms with Gasteiger partial charge >= 0.3 is 0 Å². The highest BCUT2D eigenvalue weighted by atomic mass is 16.5. The summed E-state index contributed by atoms with van der Waals surface area (Å²) in [5.74, 6) is 0.257. The van der Waals surface area contributed by atoms with Crippen molar-refractivity contribution in [2.24, 2.45) is 0 Å². The van der Waals surface area contributed by atoms with Gasteiger partial charge in [0.2, 0.25) is 5.91 Å². The van der Waals surface area contributed by atoms with Crippen LogP contribution in [0.3, 0.4) is 0 Å². The lowest BCUT2D eigenvalue weighted by molar-refractivity contribution is -0.133. The number of likely N-dealkylation sites (N-methyl/N-ethyl adjacent to an activating group) is 1. The van der Waals surface area contributed by atoms with Crippen molar-refractivity contribution in [3.8, 4) is 0 Å². The lowest BCUT2D eigenvalue weighted by atomic mass is 9.94. The van der Waals surface area contributed by atoms with Gasteiger partial charge in [0, 0.05) is 25.7 Å². The summed E-state index contributed by atoms with van der Waals surface area (Å²) in [5, 5.41) is 3.26. The van der Waals surface area contributed by atoms with Crippen LogP contribution >= 0.6 is 0 Å². The third-order valence-electron chi connectivity index (χ3n) is 4.35. The summed E-state index contributed by atoms with van der Waals surface area (Å²) in [6, 6.07) is 0.482. The number of nitrogens with zero attached hydrogens (tertiary/aromatic N) is 1. The Hall–Kier alpha value is -0.610. The Morgan fingerprint density at radius 3 is 2.63 bits per heavy atom. The van der Waals surface area contributed by atoms with Crippen molar-refractivity contribution < 1.29 is 9.53 Å². The second kappa shape index (κ2) is 7.85. The highest BCUT2D eigenvalue weighted by molar-refractivity contribution is 5.78. The van der Waals surface area contributed by atoms with Crippen molar-refractivity contribution in [1.29, 1.82) is 0 Å². The van der Waals surface area contributed by atoms with E-state index < -0.39 is 0 Å². The second-order valence-electron chi connectivity index (χ2n) is 5.74. The first-order chi connectivity index (χ1) is 9.31. The molecule has 1 N–H and O–H groups in total. The van der Waals surface area contributed by atoms with E-state index in [-0.39, 0.29) is 5.91 Å². The molecule has 1 amide bonds. The van der Waals surface area contributed by atoms with Crippen LogP contribution in [0.1, 0.15) is 51.9 Å². The minimum atomic E-state index is 0.257. The summed E-state index contributed by atoms with van der Waals surface area (Å²) in [4.78, 5) is 14.3. The van der Waals surface area contributed by atoms with Crippen LogP contribution < -0.4 is 5.32 Å². The van der Waals surface area contributed by atoms with Gasteiger partial charge < -0.3 is 15.0 Å². The number of rotatable bonds is 6. The van der Waals surface area contributed by atoms with Gasteiger partial charge in [-0.3, -0.25) is 4.79 Å². The second-order valence-corrected chi connectivity index (χ2v) is 5.74. The Morgan fingerprint density at radius 1 is 1.21 bits per heavy atom. The van der Waals surface area contributed by atoms with Gasteiger partial charge in [-0.05, 0) is 32.6 Å². The third kappa shape index (κ3) is 4.46. The first-order valence-electron chi connectivity index (χ1n) is 7.93. The van der Waals surface area contributed by atoms with Crippen molar-refractivity contribution in [2.45, 2.75) is 64.0 Å². The molecule has 2 rings (SSSR count). The maximum atomic E-state index is 12.3. The van der Waals surface area contributed by atoms with Gasteiger partial charge in [0.15, 0.2) is 0 Å². The van der Waals surface area contributed by atoms with Gasteiger partial charge in [0.1, 0.15) is 0 Å². The molecule has 1 unspecified atom stereocenters. The van der Waals surface area contributed by atoms with E-state index in [9.17, 15) is 4.79 Å². The number of hydrogen-bond acceptors (Lipinski definition) is 3. The van der Waals surface area contributed by atoms with Crippen molar-refractivity contribution in [3.05, 3.63) is 0 Å². The molecule has 0 bridgehead atoms. The van der Waals surface area contributed by atoms with Crippen LogP contribution in [0.5, 0.6) is 0 Å². The van der Waals surface area contributed by atoms with Crippen LogP contribution in [-0.4, -0.2) is 49.2 Å². The Kier molecular flexibility index (Phi) is 6.11. The molecule has 4 nitrogen and oxygen atoms in total. The molecular weight excluding hydrogens is 240 g/mol. The Labute approximate surface area is 116 Å². The number of carbonyl (C=O) groups excluding carboxylic acids is 1. The fraction of sp³-hybridized carbons (Fsp3) is 0.933. The Balaban J connectivity index is 1.69. The summed E-state index contributed by atoms with van der Waals surface area (Å²) in [7, 11) is 0. The summed E-state index contributed by atoms with van der Waals surface area (Å²) >= 11 is 0. The number of nitrogens with one attached hydrogen (secondary N) is 1. The smallest absolute Gasteiger partial charge is 0.236 e. The topological polar surface area (TPSA) is 41.6 Å². The molecule has 1 heterocycles. The Morgan fingerprint density at radius 2 is 2.00 bits per heavy atom. The molecule has 0 aromatic heterocycles. The predicted octanol–water partition coefficient (Wildman–Crippen LogP) is 1.94. The predicted molar refractivity (Wildman–Crippen MR) is 76.1 cm³/mol. The zero-order valence-electron chi connectivity index (χ0n) is 12.2. The zero-order chi connectivity index (χ0) is 13.5. The minimum Gasteiger partial charge on any atom is -0.377 e. The minimum absolute atomic E-state index is 0.257. The van der Waals surface area contributed by atoms with E-state index in [0.29, 0.717) is 18.7 Å². The molecule has 110 valence electrons. The summed E-state index contributed by atoms with van der Waals surface area (Å²) < 4.78 is 5.55. The Bertz CT molecular complexity index is 271. The van der Waals surface area contributed by atoms with Crippen molar-refractivity contribution in [2.75, 3.05) is 26.2 Å². The fourth-order valence-corrected chi connectivity index (χ4v) is 3.28. The van der Waals surface area contributed by atoms with E-state index in [0.717, 1.165) is 32.5 Å². The summed E-state index contributed by atoms with van der Waals surface area (Å²) in [6.07, 6.45) is 8.86. The van der Waals surface area contributed by atoms with E-state index in [2.05, 4.69) is 17.1 Å². The molecule has 0 aromatic rings.